The van der Waals surface area contributed by atoms with Gasteiger partial charge in [0.1, 0.15) is 30.0 Å². The summed E-state index contributed by atoms with van der Waals surface area (Å²) in [6.07, 6.45) is 0. The molecule has 0 bridgehead atoms. The molecule has 0 unspecified atom stereocenters. The molecule has 142 valence electrons. The molecule has 0 radical (unpaired) electrons. The highest BCUT2D eigenvalue weighted by Gasteiger charge is 2.06. The number of methoxy groups -OCH3 is 1. The van der Waals surface area contributed by atoms with Crippen LogP contribution in [0.4, 0.5) is 17.5 Å². The highest BCUT2D eigenvalue weighted by Crippen LogP contribution is 2.19. The van der Waals surface area contributed by atoms with E-state index in [4.69, 9.17) is 9.47 Å². The van der Waals surface area contributed by atoms with Gasteiger partial charge in [-0.15, -0.1) is 0 Å². The number of benzene rings is 2. The van der Waals surface area contributed by atoms with Crippen LogP contribution in [-0.2, 0) is 0 Å². The number of rotatable bonds is 8. The Morgan fingerprint density at radius 1 is 1.04 bits per heavy atom. The van der Waals surface area contributed by atoms with Crippen LogP contribution in [0.2, 0.25) is 0 Å². The van der Waals surface area contributed by atoms with Crippen LogP contribution >= 0.6 is 0 Å². The van der Waals surface area contributed by atoms with E-state index in [1.807, 2.05) is 55.5 Å². The van der Waals surface area contributed by atoms with Crippen molar-refractivity contribution in [3.63, 3.8) is 0 Å². The molecule has 7 heteroatoms. The maximum atomic E-state index is 9.21. The van der Waals surface area contributed by atoms with E-state index in [9.17, 15) is 5.26 Å². The number of hydrogen-bond donors (Lipinski definition) is 2. The quantitative estimate of drug-likeness (QED) is 0.577. The minimum absolute atomic E-state index is 0.432. The van der Waals surface area contributed by atoms with Crippen LogP contribution in [0.5, 0.6) is 11.5 Å². The highest BCUT2D eigenvalue weighted by molar-refractivity contribution is 5.63. The van der Waals surface area contributed by atoms with Gasteiger partial charge >= 0.3 is 0 Å². The smallest absolute Gasteiger partial charge is 0.229 e. The van der Waals surface area contributed by atoms with Gasteiger partial charge in [-0.1, -0.05) is 12.1 Å². The fourth-order valence-corrected chi connectivity index (χ4v) is 2.55. The van der Waals surface area contributed by atoms with E-state index >= 15 is 0 Å². The Hall–Kier alpha value is -3.79. The van der Waals surface area contributed by atoms with Crippen molar-refractivity contribution in [3.05, 3.63) is 65.9 Å². The molecular weight excluding hydrogens is 354 g/mol. The maximum absolute atomic E-state index is 9.21. The van der Waals surface area contributed by atoms with Gasteiger partial charge in [-0.05, 0) is 43.3 Å². The van der Waals surface area contributed by atoms with E-state index in [2.05, 4.69) is 26.7 Å². The first kappa shape index (κ1) is 19.0. The molecule has 0 atom stereocenters. The molecule has 2 aromatic carbocycles. The molecule has 0 aliphatic heterocycles. The molecule has 0 aliphatic carbocycles. The van der Waals surface area contributed by atoms with Crippen molar-refractivity contribution in [1.82, 2.24) is 9.97 Å². The third kappa shape index (κ3) is 5.11. The molecule has 2 N–H and O–H groups in total. The van der Waals surface area contributed by atoms with Crippen LogP contribution in [0.1, 0.15) is 11.3 Å². The van der Waals surface area contributed by atoms with Crippen LogP contribution in [0, 0.1) is 18.3 Å². The predicted octanol–water partition coefficient (Wildman–Crippen LogP) is 3.90. The Morgan fingerprint density at radius 2 is 1.79 bits per heavy atom. The fourth-order valence-electron chi connectivity index (χ4n) is 2.55. The molecule has 28 heavy (non-hydrogen) atoms. The van der Waals surface area contributed by atoms with E-state index in [0.717, 1.165) is 17.2 Å². The largest absolute Gasteiger partial charge is 0.497 e. The summed E-state index contributed by atoms with van der Waals surface area (Å²) in [6.45, 7) is 2.95. The molecule has 0 spiro atoms. The molecule has 0 saturated carbocycles. The van der Waals surface area contributed by atoms with Gasteiger partial charge in [0, 0.05) is 11.8 Å². The molecule has 3 aromatic rings. The number of anilines is 3. The molecule has 1 heterocycles. The first-order valence-corrected chi connectivity index (χ1v) is 8.80. The third-order valence-electron chi connectivity index (χ3n) is 3.88. The average Bonchev–Trinajstić information content (AvgIpc) is 2.72. The summed E-state index contributed by atoms with van der Waals surface area (Å²) in [5, 5.41) is 15.5. The number of ether oxygens (including phenoxy) is 2. The van der Waals surface area contributed by atoms with E-state index < -0.39 is 0 Å². The first-order chi connectivity index (χ1) is 13.7. The Kier molecular flexibility index (Phi) is 6.26. The number of hydrogen-bond acceptors (Lipinski definition) is 7. The number of nitrogens with zero attached hydrogens (tertiary/aromatic N) is 3. The first-order valence-electron chi connectivity index (χ1n) is 8.80. The zero-order valence-electron chi connectivity index (χ0n) is 15.8. The summed E-state index contributed by atoms with van der Waals surface area (Å²) in [5.41, 5.74) is 2.02. The lowest BCUT2D eigenvalue weighted by Gasteiger charge is -2.11. The second kappa shape index (κ2) is 9.24. The SMILES string of the molecule is COc1ccc(OCCNc2cc(C)nc(Nc3ccccc3C#N)n2)cc1. The second-order valence-electron chi connectivity index (χ2n) is 5.95. The topological polar surface area (TPSA) is 92.1 Å². The number of aromatic nitrogens is 2. The Balaban J connectivity index is 1.58. The van der Waals surface area contributed by atoms with E-state index in [0.29, 0.717) is 36.2 Å². The number of para-hydroxylation sites is 1. The zero-order chi connectivity index (χ0) is 19.8. The lowest BCUT2D eigenvalue weighted by atomic mass is 10.2. The van der Waals surface area contributed by atoms with Crippen molar-refractivity contribution in [2.75, 3.05) is 30.9 Å². The Bertz CT molecular complexity index is 967. The number of aryl methyl sites for hydroxylation is 1. The molecule has 0 fully saturated rings. The summed E-state index contributed by atoms with van der Waals surface area (Å²) >= 11 is 0. The Morgan fingerprint density at radius 3 is 2.54 bits per heavy atom. The van der Waals surface area contributed by atoms with E-state index in [1.54, 1.807) is 13.2 Å². The molecule has 1 aromatic heterocycles. The standard InChI is InChI=1S/C21H21N5O2/c1-15-13-20(23-11-12-28-18-9-7-17(27-2)8-10-18)26-21(24-15)25-19-6-4-3-5-16(19)14-22/h3-10,13H,11-12H2,1-2H3,(H2,23,24,25,26). The molecule has 7 nitrogen and oxygen atoms in total. The fraction of sp³-hybridized carbons (Fsp3) is 0.190. The summed E-state index contributed by atoms with van der Waals surface area (Å²) in [6, 6.07) is 18.7. The summed E-state index contributed by atoms with van der Waals surface area (Å²) in [4.78, 5) is 8.84. The van der Waals surface area contributed by atoms with Crippen molar-refractivity contribution in [2.24, 2.45) is 0 Å². The van der Waals surface area contributed by atoms with Gasteiger partial charge < -0.3 is 20.1 Å². The number of nitrogens with one attached hydrogen (secondary N) is 2. The summed E-state index contributed by atoms with van der Waals surface area (Å²) < 4.78 is 10.8. The maximum Gasteiger partial charge on any atom is 0.229 e. The summed E-state index contributed by atoms with van der Waals surface area (Å²) in [5.74, 6) is 2.68. The summed E-state index contributed by atoms with van der Waals surface area (Å²) in [7, 11) is 1.63. The van der Waals surface area contributed by atoms with E-state index in [1.165, 1.54) is 0 Å². The van der Waals surface area contributed by atoms with Crippen molar-refractivity contribution < 1.29 is 9.47 Å². The van der Waals surface area contributed by atoms with Gasteiger partial charge in [0.05, 0.1) is 24.9 Å². The van der Waals surface area contributed by atoms with Crippen LogP contribution in [0.15, 0.2) is 54.6 Å². The second-order valence-corrected chi connectivity index (χ2v) is 5.95. The molecule has 0 amide bonds. The zero-order valence-corrected chi connectivity index (χ0v) is 15.8. The van der Waals surface area contributed by atoms with Gasteiger partial charge in [0.25, 0.3) is 0 Å². The average molecular weight is 375 g/mol. The minimum Gasteiger partial charge on any atom is -0.497 e. The third-order valence-corrected chi connectivity index (χ3v) is 3.88. The van der Waals surface area contributed by atoms with Gasteiger partial charge in [0.2, 0.25) is 5.95 Å². The molecule has 0 saturated heterocycles. The molecule has 0 aliphatic rings. The van der Waals surface area contributed by atoms with Gasteiger partial charge in [0.15, 0.2) is 0 Å². The van der Waals surface area contributed by atoms with Gasteiger partial charge in [-0.25, -0.2) is 4.98 Å². The minimum atomic E-state index is 0.432. The van der Waals surface area contributed by atoms with Crippen molar-refractivity contribution in [1.29, 1.82) is 5.26 Å². The van der Waals surface area contributed by atoms with Crippen LogP contribution in [0.3, 0.4) is 0 Å². The van der Waals surface area contributed by atoms with Crippen molar-refractivity contribution in [2.45, 2.75) is 6.92 Å². The number of nitriles is 1. The monoisotopic (exact) mass is 375 g/mol. The predicted molar refractivity (Wildman–Crippen MR) is 108 cm³/mol. The van der Waals surface area contributed by atoms with Gasteiger partial charge in [-0.2, -0.15) is 10.2 Å². The molecule has 3 rings (SSSR count). The van der Waals surface area contributed by atoms with Crippen LogP contribution in [0.25, 0.3) is 0 Å². The Labute approximate surface area is 164 Å². The van der Waals surface area contributed by atoms with E-state index in [-0.39, 0.29) is 0 Å². The highest BCUT2D eigenvalue weighted by atomic mass is 16.5. The lowest BCUT2D eigenvalue weighted by Crippen LogP contribution is -2.13. The van der Waals surface area contributed by atoms with Crippen molar-refractivity contribution >= 4 is 17.5 Å². The molecular formula is C21H21N5O2. The van der Waals surface area contributed by atoms with Crippen LogP contribution in [-0.4, -0.2) is 30.2 Å². The lowest BCUT2D eigenvalue weighted by molar-refractivity contribution is 0.331. The van der Waals surface area contributed by atoms with Gasteiger partial charge in [-0.3, -0.25) is 0 Å². The van der Waals surface area contributed by atoms with Crippen molar-refractivity contribution in [3.8, 4) is 17.6 Å². The normalized spacial score (nSPS) is 10.0. The van der Waals surface area contributed by atoms with Crippen LogP contribution < -0.4 is 20.1 Å².